The summed E-state index contributed by atoms with van der Waals surface area (Å²) in [7, 11) is 0. The van der Waals surface area contributed by atoms with Crippen LogP contribution in [0.1, 0.15) is 18.4 Å². The summed E-state index contributed by atoms with van der Waals surface area (Å²) in [6, 6.07) is 6.85. The van der Waals surface area contributed by atoms with Gasteiger partial charge < -0.3 is 16.4 Å². The highest BCUT2D eigenvalue weighted by Gasteiger charge is 2.22. The molecule has 2 rings (SSSR count). The summed E-state index contributed by atoms with van der Waals surface area (Å²) < 4.78 is 0. The van der Waals surface area contributed by atoms with E-state index in [-0.39, 0.29) is 11.9 Å². The van der Waals surface area contributed by atoms with Crippen molar-refractivity contribution in [3.63, 3.8) is 0 Å². The molecule has 0 bridgehead atoms. The summed E-state index contributed by atoms with van der Waals surface area (Å²) >= 11 is 0. The van der Waals surface area contributed by atoms with Crippen LogP contribution in [-0.4, -0.2) is 18.5 Å². The summed E-state index contributed by atoms with van der Waals surface area (Å²) in [5.74, 6) is -0.0167. The number of nitriles is 1. The Morgan fingerprint density at radius 1 is 1.53 bits per heavy atom. The van der Waals surface area contributed by atoms with Crippen molar-refractivity contribution in [3.05, 3.63) is 23.8 Å². The zero-order valence-electron chi connectivity index (χ0n) is 9.36. The van der Waals surface area contributed by atoms with Crippen molar-refractivity contribution in [2.24, 2.45) is 0 Å². The van der Waals surface area contributed by atoms with E-state index in [4.69, 9.17) is 11.0 Å². The number of nitrogen functional groups attached to an aromatic ring is 1. The van der Waals surface area contributed by atoms with Gasteiger partial charge in [-0.1, -0.05) is 0 Å². The molecule has 1 fully saturated rings. The monoisotopic (exact) mass is 230 g/mol. The first kappa shape index (κ1) is 11.3. The molecule has 1 unspecified atom stereocenters. The van der Waals surface area contributed by atoms with Gasteiger partial charge in [0.1, 0.15) is 12.1 Å². The quantitative estimate of drug-likeness (QED) is 0.656. The van der Waals surface area contributed by atoms with Gasteiger partial charge in [-0.2, -0.15) is 5.26 Å². The first-order chi connectivity index (χ1) is 8.20. The third kappa shape index (κ3) is 2.48. The molecule has 0 spiro atoms. The number of benzene rings is 1. The van der Waals surface area contributed by atoms with Crippen LogP contribution in [0.2, 0.25) is 0 Å². The van der Waals surface area contributed by atoms with E-state index in [1.807, 2.05) is 0 Å². The lowest BCUT2D eigenvalue weighted by Crippen LogP contribution is -2.44. The third-order valence-corrected chi connectivity index (χ3v) is 2.78. The molecule has 0 saturated carbocycles. The molecule has 5 nitrogen and oxygen atoms in total. The minimum atomic E-state index is -0.264. The van der Waals surface area contributed by atoms with Crippen LogP contribution in [-0.2, 0) is 4.79 Å². The van der Waals surface area contributed by atoms with Crippen molar-refractivity contribution in [3.8, 4) is 6.07 Å². The SMILES string of the molecule is N#Cc1cc(N)ccc1NC1CCCNC1=O. The Kier molecular flexibility index (Phi) is 3.15. The van der Waals surface area contributed by atoms with E-state index >= 15 is 0 Å². The molecule has 5 heteroatoms. The van der Waals surface area contributed by atoms with Gasteiger partial charge in [0.2, 0.25) is 5.91 Å². The number of carbonyl (C=O) groups is 1. The molecule has 1 aromatic carbocycles. The minimum absolute atomic E-state index is 0.0167. The molecule has 4 N–H and O–H groups in total. The Hall–Kier alpha value is -2.22. The molecule has 0 radical (unpaired) electrons. The second-order valence-corrected chi connectivity index (χ2v) is 4.05. The van der Waals surface area contributed by atoms with Crippen molar-refractivity contribution in [2.45, 2.75) is 18.9 Å². The molecular formula is C12H14N4O. The topological polar surface area (TPSA) is 90.9 Å². The molecule has 0 aromatic heterocycles. The van der Waals surface area contributed by atoms with E-state index < -0.39 is 0 Å². The maximum absolute atomic E-state index is 11.6. The van der Waals surface area contributed by atoms with Crippen LogP contribution in [0.25, 0.3) is 0 Å². The number of hydrogen-bond donors (Lipinski definition) is 3. The molecule has 0 aliphatic carbocycles. The van der Waals surface area contributed by atoms with Gasteiger partial charge in [0.05, 0.1) is 11.3 Å². The molecule has 1 amide bonds. The molecule has 1 saturated heterocycles. The van der Waals surface area contributed by atoms with Gasteiger partial charge in [-0.3, -0.25) is 4.79 Å². The van der Waals surface area contributed by atoms with Gasteiger partial charge in [-0.15, -0.1) is 0 Å². The van der Waals surface area contributed by atoms with Crippen LogP contribution in [0.15, 0.2) is 18.2 Å². The standard InChI is InChI=1S/C12H14N4O/c13-7-8-6-9(14)3-4-10(8)16-11-2-1-5-15-12(11)17/h3-4,6,11,16H,1-2,5,14H2,(H,15,17). The first-order valence-electron chi connectivity index (χ1n) is 5.54. The number of hydrogen-bond acceptors (Lipinski definition) is 4. The number of piperidine rings is 1. The lowest BCUT2D eigenvalue weighted by atomic mass is 10.1. The zero-order chi connectivity index (χ0) is 12.3. The summed E-state index contributed by atoms with van der Waals surface area (Å²) in [5, 5.41) is 14.9. The van der Waals surface area contributed by atoms with Gasteiger partial charge in [0.25, 0.3) is 0 Å². The summed E-state index contributed by atoms with van der Waals surface area (Å²) in [6.45, 7) is 0.726. The fourth-order valence-corrected chi connectivity index (χ4v) is 1.88. The van der Waals surface area contributed by atoms with Crippen molar-refractivity contribution >= 4 is 17.3 Å². The van der Waals surface area contributed by atoms with E-state index in [1.54, 1.807) is 18.2 Å². The Labute approximate surface area is 99.6 Å². The third-order valence-electron chi connectivity index (χ3n) is 2.78. The van der Waals surface area contributed by atoms with Gasteiger partial charge in [-0.05, 0) is 31.0 Å². The normalized spacial score (nSPS) is 19.2. The van der Waals surface area contributed by atoms with Gasteiger partial charge in [0, 0.05) is 12.2 Å². The first-order valence-corrected chi connectivity index (χ1v) is 5.54. The largest absolute Gasteiger partial charge is 0.399 e. The van der Waals surface area contributed by atoms with Gasteiger partial charge in [-0.25, -0.2) is 0 Å². The zero-order valence-corrected chi connectivity index (χ0v) is 9.36. The van der Waals surface area contributed by atoms with E-state index in [9.17, 15) is 4.79 Å². The maximum atomic E-state index is 11.6. The number of nitrogens with two attached hydrogens (primary N) is 1. The van der Waals surface area contributed by atoms with E-state index in [0.29, 0.717) is 16.9 Å². The van der Waals surface area contributed by atoms with Crippen LogP contribution in [0.5, 0.6) is 0 Å². The second-order valence-electron chi connectivity index (χ2n) is 4.05. The molecule has 1 heterocycles. The highest BCUT2D eigenvalue weighted by molar-refractivity contribution is 5.85. The average Bonchev–Trinajstić information content (AvgIpc) is 2.34. The number of carbonyl (C=O) groups excluding carboxylic acids is 1. The Balaban J connectivity index is 2.18. The fourth-order valence-electron chi connectivity index (χ4n) is 1.88. The van der Waals surface area contributed by atoms with Gasteiger partial charge >= 0.3 is 0 Å². The number of anilines is 2. The smallest absolute Gasteiger partial charge is 0.242 e. The molecule has 1 aromatic rings. The van der Waals surface area contributed by atoms with E-state index in [0.717, 1.165) is 19.4 Å². The van der Waals surface area contributed by atoms with Crippen molar-refractivity contribution in [1.29, 1.82) is 5.26 Å². The summed E-state index contributed by atoms with van der Waals surface area (Å²) in [4.78, 5) is 11.6. The number of nitrogens with one attached hydrogen (secondary N) is 2. The molecule has 17 heavy (non-hydrogen) atoms. The van der Waals surface area contributed by atoms with Crippen molar-refractivity contribution < 1.29 is 4.79 Å². The number of rotatable bonds is 2. The Bertz CT molecular complexity index is 478. The fraction of sp³-hybridized carbons (Fsp3) is 0.333. The molecule has 1 atom stereocenters. The molecule has 1 aliphatic rings. The van der Waals surface area contributed by atoms with Crippen LogP contribution >= 0.6 is 0 Å². The van der Waals surface area contributed by atoms with E-state index in [2.05, 4.69) is 16.7 Å². The average molecular weight is 230 g/mol. The Morgan fingerprint density at radius 2 is 2.35 bits per heavy atom. The number of amides is 1. The predicted molar refractivity (Wildman–Crippen MR) is 65.2 cm³/mol. The summed E-state index contributed by atoms with van der Waals surface area (Å²) in [6.07, 6.45) is 1.72. The lowest BCUT2D eigenvalue weighted by molar-refractivity contribution is -0.123. The number of nitrogens with zero attached hydrogens (tertiary/aromatic N) is 1. The van der Waals surface area contributed by atoms with Crippen LogP contribution in [0, 0.1) is 11.3 Å². The highest BCUT2D eigenvalue weighted by Crippen LogP contribution is 2.20. The minimum Gasteiger partial charge on any atom is -0.399 e. The second kappa shape index (κ2) is 4.74. The lowest BCUT2D eigenvalue weighted by Gasteiger charge is -2.24. The maximum Gasteiger partial charge on any atom is 0.242 e. The van der Waals surface area contributed by atoms with Crippen molar-refractivity contribution in [1.82, 2.24) is 5.32 Å². The van der Waals surface area contributed by atoms with Crippen LogP contribution in [0.3, 0.4) is 0 Å². The van der Waals surface area contributed by atoms with Gasteiger partial charge in [0.15, 0.2) is 0 Å². The van der Waals surface area contributed by atoms with Crippen LogP contribution in [0.4, 0.5) is 11.4 Å². The predicted octanol–water partition coefficient (Wildman–Crippen LogP) is 0.831. The molecule has 1 aliphatic heterocycles. The highest BCUT2D eigenvalue weighted by atomic mass is 16.2. The Morgan fingerprint density at radius 3 is 3.06 bits per heavy atom. The van der Waals surface area contributed by atoms with Crippen LogP contribution < -0.4 is 16.4 Å². The molecule has 88 valence electrons. The van der Waals surface area contributed by atoms with E-state index in [1.165, 1.54) is 0 Å². The van der Waals surface area contributed by atoms with Crippen molar-refractivity contribution in [2.75, 3.05) is 17.6 Å². The molecular weight excluding hydrogens is 216 g/mol. The summed E-state index contributed by atoms with van der Waals surface area (Å²) in [5.41, 5.74) is 7.26.